The summed E-state index contributed by atoms with van der Waals surface area (Å²) in [5.41, 5.74) is 4.28. The molecule has 0 saturated carbocycles. The number of sulfonamides is 1. The minimum atomic E-state index is -3.82. The second kappa shape index (κ2) is 9.43. The molecule has 0 saturated heterocycles. The number of fused-ring (bicyclic) bond motifs is 3. The molecule has 5 rings (SSSR count). The molecule has 3 aromatic carbocycles. The number of aryl methyl sites for hydroxylation is 1. The highest BCUT2D eigenvalue weighted by atomic mass is 32.2. The van der Waals surface area contributed by atoms with E-state index in [-0.39, 0.29) is 22.8 Å². The predicted octanol–water partition coefficient (Wildman–Crippen LogP) is 5.65. The fraction of sp³-hybridized carbons (Fsp3) is 0.286. The van der Waals surface area contributed by atoms with Gasteiger partial charge in [-0.1, -0.05) is 18.2 Å². The number of benzene rings is 3. The Morgan fingerprint density at radius 1 is 0.889 bits per heavy atom. The maximum atomic E-state index is 13.4. The second-order valence-corrected chi connectivity index (χ2v) is 10.8. The zero-order valence-corrected chi connectivity index (χ0v) is 21.6. The number of hydrogen-bond donors (Lipinski definition) is 2. The third-order valence-electron chi connectivity index (χ3n) is 7.02. The lowest BCUT2D eigenvalue weighted by atomic mass is 9.77. The topological polar surface area (TPSA) is 85.9 Å². The summed E-state index contributed by atoms with van der Waals surface area (Å²) in [6.45, 7) is 1.91. The zero-order valence-electron chi connectivity index (χ0n) is 20.7. The average Bonchev–Trinajstić information content (AvgIpc) is 3.38. The molecule has 0 bridgehead atoms. The van der Waals surface area contributed by atoms with Crippen molar-refractivity contribution in [3.05, 3.63) is 83.4 Å². The van der Waals surface area contributed by atoms with E-state index >= 15 is 0 Å². The molecule has 2 aliphatic rings. The molecular formula is C28H30N2O5S. The van der Waals surface area contributed by atoms with E-state index in [9.17, 15) is 8.42 Å². The summed E-state index contributed by atoms with van der Waals surface area (Å²) in [6, 6.07) is 16.5. The normalized spacial score (nSPS) is 20.2. The summed E-state index contributed by atoms with van der Waals surface area (Å²) >= 11 is 0. The van der Waals surface area contributed by atoms with Crippen LogP contribution in [0.25, 0.3) is 0 Å². The predicted molar refractivity (Wildman–Crippen MR) is 141 cm³/mol. The lowest BCUT2D eigenvalue weighted by Crippen LogP contribution is -2.29. The van der Waals surface area contributed by atoms with Gasteiger partial charge in [-0.05, 0) is 72.9 Å². The van der Waals surface area contributed by atoms with Crippen molar-refractivity contribution < 1.29 is 22.6 Å². The Kier molecular flexibility index (Phi) is 6.30. The van der Waals surface area contributed by atoms with Crippen molar-refractivity contribution in [2.24, 2.45) is 5.92 Å². The fourth-order valence-electron chi connectivity index (χ4n) is 5.23. The average molecular weight is 507 g/mol. The Morgan fingerprint density at radius 3 is 2.44 bits per heavy atom. The molecule has 1 aliphatic heterocycles. The van der Waals surface area contributed by atoms with Crippen molar-refractivity contribution in [3.63, 3.8) is 0 Å². The van der Waals surface area contributed by atoms with E-state index in [1.165, 1.54) is 7.11 Å². The third-order valence-corrected chi connectivity index (χ3v) is 8.38. The summed E-state index contributed by atoms with van der Waals surface area (Å²) in [4.78, 5) is 0.214. The fourth-order valence-corrected chi connectivity index (χ4v) is 6.32. The van der Waals surface area contributed by atoms with Gasteiger partial charge in [0.1, 0.15) is 17.2 Å². The van der Waals surface area contributed by atoms with Crippen molar-refractivity contribution in [3.8, 4) is 17.2 Å². The molecule has 0 aromatic heterocycles. The minimum Gasteiger partial charge on any atom is -0.497 e. The maximum absolute atomic E-state index is 13.4. The molecule has 0 amide bonds. The van der Waals surface area contributed by atoms with E-state index in [1.807, 2.05) is 37.3 Å². The van der Waals surface area contributed by atoms with Crippen LogP contribution in [-0.2, 0) is 10.0 Å². The number of ether oxygens (including phenoxy) is 3. The van der Waals surface area contributed by atoms with Crippen LogP contribution in [0.2, 0.25) is 0 Å². The number of allylic oxidation sites excluding steroid dienone is 2. The number of methoxy groups -OCH3 is 3. The van der Waals surface area contributed by atoms with Crippen molar-refractivity contribution in [2.45, 2.75) is 30.2 Å². The van der Waals surface area contributed by atoms with Crippen LogP contribution in [0.3, 0.4) is 0 Å². The lowest BCUT2D eigenvalue weighted by molar-refractivity contribution is 0.372. The standard InChI is InChI=1S/C28H30N2O5S/c1-17-8-13-26(34-3)25(14-17)30-36(31,32)19-10-12-24-23(16-19)20-6-5-7-21(20)28(29-24)22-11-9-18(33-2)15-27(22)35-4/h5-6,8-16,20-21,28-30H,7H2,1-4H3/t20-,21+,28-/m0/s1. The minimum absolute atomic E-state index is 0.00972. The molecule has 0 spiro atoms. The van der Waals surface area contributed by atoms with Crippen LogP contribution < -0.4 is 24.2 Å². The molecule has 2 N–H and O–H groups in total. The van der Waals surface area contributed by atoms with Gasteiger partial charge in [-0.25, -0.2) is 8.42 Å². The molecule has 3 aromatic rings. The highest BCUT2D eigenvalue weighted by molar-refractivity contribution is 7.92. The Labute approximate surface area is 212 Å². The van der Waals surface area contributed by atoms with Gasteiger partial charge >= 0.3 is 0 Å². The smallest absolute Gasteiger partial charge is 0.262 e. The molecular weight excluding hydrogens is 476 g/mol. The van der Waals surface area contributed by atoms with Crippen LogP contribution in [-0.4, -0.2) is 29.7 Å². The van der Waals surface area contributed by atoms with Crippen molar-refractivity contribution in [1.29, 1.82) is 0 Å². The summed E-state index contributed by atoms with van der Waals surface area (Å²) in [5, 5.41) is 3.65. The number of anilines is 2. The van der Waals surface area contributed by atoms with Crippen LogP contribution in [0.15, 0.2) is 71.6 Å². The largest absolute Gasteiger partial charge is 0.497 e. The molecule has 3 atom stereocenters. The molecule has 1 heterocycles. The van der Waals surface area contributed by atoms with Crippen LogP contribution in [0, 0.1) is 12.8 Å². The first-order valence-corrected chi connectivity index (χ1v) is 13.3. The van der Waals surface area contributed by atoms with Gasteiger partial charge in [0, 0.05) is 23.2 Å². The van der Waals surface area contributed by atoms with Gasteiger partial charge in [0.15, 0.2) is 0 Å². The van der Waals surface area contributed by atoms with Crippen molar-refractivity contribution in [1.82, 2.24) is 0 Å². The van der Waals surface area contributed by atoms with Gasteiger partial charge in [-0.15, -0.1) is 0 Å². The van der Waals surface area contributed by atoms with Gasteiger partial charge in [-0.3, -0.25) is 4.72 Å². The van der Waals surface area contributed by atoms with Crippen LogP contribution in [0.4, 0.5) is 11.4 Å². The summed E-state index contributed by atoms with van der Waals surface area (Å²) in [6.07, 6.45) is 5.24. The SMILES string of the molecule is COc1ccc([C@H]2Nc3ccc(S(=O)(=O)Nc4cc(C)ccc4OC)cc3[C@H]3C=CC[C@H]32)c(OC)c1. The Morgan fingerprint density at radius 2 is 1.69 bits per heavy atom. The van der Waals surface area contributed by atoms with Gasteiger partial charge in [-0.2, -0.15) is 0 Å². The first kappa shape index (κ1) is 24.1. The quantitative estimate of drug-likeness (QED) is 0.403. The molecule has 7 nitrogen and oxygen atoms in total. The van der Waals surface area contributed by atoms with Gasteiger partial charge in [0.2, 0.25) is 0 Å². The van der Waals surface area contributed by atoms with Gasteiger partial charge in [0.25, 0.3) is 10.0 Å². The molecule has 0 radical (unpaired) electrons. The van der Waals surface area contributed by atoms with E-state index in [4.69, 9.17) is 14.2 Å². The number of rotatable bonds is 7. The zero-order chi connectivity index (χ0) is 25.4. The molecule has 0 unspecified atom stereocenters. The lowest BCUT2D eigenvalue weighted by Gasteiger charge is -2.38. The molecule has 36 heavy (non-hydrogen) atoms. The summed E-state index contributed by atoms with van der Waals surface area (Å²) in [5.74, 6) is 2.28. The molecule has 8 heteroatoms. The third kappa shape index (κ3) is 4.26. The monoisotopic (exact) mass is 506 g/mol. The highest BCUT2D eigenvalue weighted by Crippen LogP contribution is 2.51. The van der Waals surface area contributed by atoms with E-state index < -0.39 is 10.0 Å². The van der Waals surface area contributed by atoms with Gasteiger partial charge < -0.3 is 19.5 Å². The van der Waals surface area contributed by atoms with Crippen LogP contribution in [0.5, 0.6) is 17.2 Å². The Bertz CT molecular complexity index is 1430. The van der Waals surface area contributed by atoms with E-state index in [0.717, 1.165) is 40.3 Å². The van der Waals surface area contributed by atoms with E-state index in [2.05, 4.69) is 22.2 Å². The van der Waals surface area contributed by atoms with E-state index in [0.29, 0.717) is 11.4 Å². The highest BCUT2D eigenvalue weighted by Gasteiger charge is 2.39. The summed E-state index contributed by atoms with van der Waals surface area (Å²) in [7, 11) is 0.991. The molecule has 1 aliphatic carbocycles. The van der Waals surface area contributed by atoms with Crippen molar-refractivity contribution in [2.75, 3.05) is 31.4 Å². The number of hydrogen-bond acceptors (Lipinski definition) is 6. The van der Waals surface area contributed by atoms with E-state index in [1.54, 1.807) is 38.5 Å². The first-order valence-electron chi connectivity index (χ1n) is 11.8. The van der Waals surface area contributed by atoms with Crippen LogP contribution in [0.1, 0.15) is 35.1 Å². The Balaban J connectivity index is 1.50. The summed E-state index contributed by atoms with van der Waals surface area (Å²) < 4.78 is 45.8. The maximum Gasteiger partial charge on any atom is 0.262 e. The molecule has 0 fully saturated rings. The molecule has 188 valence electrons. The first-order chi connectivity index (χ1) is 17.3. The van der Waals surface area contributed by atoms with Crippen LogP contribution >= 0.6 is 0 Å². The van der Waals surface area contributed by atoms with Crippen molar-refractivity contribution >= 4 is 21.4 Å². The van der Waals surface area contributed by atoms with Gasteiger partial charge in [0.05, 0.1) is 38.0 Å². The number of nitrogens with one attached hydrogen (secondary N) is 2. The Hall–Kier alpha value is -3.65. The second-order valence-electron chi connectivity index (χ2n) is 9.14.